The molecular weight excluding hydrogens is 342 g/mol. The van der Waals surface area contributed by atoms with Crippen molar-refractivity contribution in [3.8, 4) is 22.8 Å². The van der Waals surface area contributed by atoms with Crippen LogP contribution in [0, 0.1) is 0 Å². The predicted octanol–water partition coefficient (Wildman–Crippen LogP) is 3.11. The quantitative estimate of drug-likeness (QED) is 0.602. The Hall–Kier alpha value is -3.03. The standard InChI is InChI=1S/C20H19N5O2/c1-3-14(13-25-7-9-26-10-8-25)11-15(4-1)19-22-20(27-24-19)17-6-2-5-16-12-21-23-18(16)17/h1-6,11-12H,7-10,13H2,(H,21,23). The molecule has 0 atom stereocenters. The van der Waals surface area contributed by atoms with Crippen LogP contribution in [0.5, 0.6) is 0 Å². The van der Waals surface area contributed by atoms with Gasteiger partial charge in [0.05, 0.1) is 30.5 Å². The fourth-order valence-corrected chi connectivity index (χ4v) is 3.42. The molecule has 2 aromatic carbocycles. The molecule has 7 nitrogen and oxygen atoms in total. The molecule has 4 aromatic rings. The van der Waals surface area contributed by atoms with Crippen LogP contribution >= 0.6 is 0 Å². The van der Waals surface area contributed by atoms with Gasteiger partial charge in [0, 0.05) is 30.6 Å². The van der Waals surface area contributed by atoms with Crippen LogP contribution in [0.25, 0.3) is 33.7 Å². The van der Waals surface area contributed by atoms with Crippen molar-refractivity contribution in [1.29, 1.82) is 0 Å². The molecule has 0 amide bonds. The molecule has 1 saturated heterocycles. The van der Waals surface area contributed by atoms with Gasteiger partial charge in [0.15, 0.2) is 0 Å². The third-order valence-corrected chi connectivity index (χ3v) is 4.83. The zero-order valence-corrected chi connectivity index (χ0v) is 14.8. The first-order valence-electron chi connectivity index (χ1n) is 9.02. The largest absolute Gasteiger partial charge is 0.379 e. The van der Waals surface area contributed by atoms with Crippen molar-refractivity contribution in [2.45, 2.75) is 6.54 Å². The fraction of sp³-hybridized carbons (Fsp3) is 0.250. The highest BCUT2D eigenvalue weighted by atomic mass is 16.5. The summed E-state index contributed by atoms with van der Waals surface area (Å²) >= 11 is 0. The maximum atomic E-state index is 5.54. The number of nitrogens with one attached hydrogen (secondary N) is 1. The lowest BCUT2D eigenvalue weighted by Gasteiger charge is -2.26. The number of rotatable bonds is 4. The second-order valence-corrected chi connectivity index (χ2v) is 6.65. The highest BCUT2D eigenvalue weighted by Crippen LogP contribution is 2.28. The Balaban J connectivity index is 1.42. The van der Waals surface area contributed by atoms with Crippen LogP contribution in [0.3, 0.4) is 0 Å². The third kappa shape index (κ3) is 3.22. The number of aromatic nitrogens is 4. The van der Waals surface area contributed by atoms with E-state index in [4.69, 9.17) is 9.26 Å². The maximum Gasteiger partial charge on any atom is 0.260 e. The average molecular weight is 361 g/mol. The minimum atomic E-state index is 0.485. The maximum absolute atomic E-state index is 5.54. The summed E-state index contributed by atoms with van der Waals surface area (Å²) in [6.07, 6.45) is 1.78. The average Bonchev–Trinajstić information content (AvgIpc) is 3.38. The van der Waals surface area contributed by atoms with Gasteiger partial charge in [-0.3, -0.25) is 10.00 Å². The minimum Gasteiger partial charge on any atom is -0.379 e. The van der Waals surface area contributed by atoms with Crippen LogP contribution < -0.4 is 0 Å². The van der Waals surface area contributed by atoms with E-state index < -0.39 is 0 Å². The molecule has 1 N–H and O–H groups in total. The fourth-order valence-electron chi connectivity index (χ4n) is 3.42. The van der Waals surface area contributed by atoms with Crippen LogP contribution in [0.15, 0.2) is 53.2 Å². The van der Waals surface area contributed by atoms with Gasteiger partial charge < -0.3 is 9.26 Å². The molecule has 0 bridgehead atoms. The van der Waals surface area contributed by atoms with E-state index in [0.717, 1.165) is 54.9 Å². The molecule has 5 rings (SSSR count). The van der Waals surface area contributed by atoms with Crippen molar-refractivity contribution in [2.75, 3.05) is 26.3 Å². The van der Waals surface area contributed by atoms with Crippen molar-refractivity contribution in [2.24, 2.45) is 0 Å². The summed E-state index contributed by atoms with van der Waals surface area (Å²) in [5, 5.41) is 12.3. The summed E-state index contributed by atoms with van der Waals surface area (Å²) in [7, 11) is 0. The summed E-state index contributed by atoms with van der Waals surface area (Å²) in [6.45, 7) is 4.42. The first-order valence-corrected chi connectivity index (χ1v) is 9.02. The van der Waals surface area contributed by atoms with Crippen molar-refractivity contribution in [1.82, 2.24) is 25.2 Å². The van der Waals surface area contributed by atoms with E-state index in [0.29, 0.717) is 11.7 Å². The normalized spacial score (nSPS) is 15.4. The van der Waals surface area contributed by atoms with E-state index in [1.54, 1.807) is 6.20 Å². The van der Waals surface area contributed by atoms with Gasteiger partial charge in [-0.2, -0.15) is 10.1 Å². The van der Waals surface area contributed by atoms with E-state index in [9.17, 15) is 0 Å². The Labute approximate surface area is 156 Å². The Morgan fingerprint density at radius 2 is 1.96 bits per heavy atom. The van der Waals surface area contributed by atoms with Gasteiger partial charge in [0.1, 0.15) is 0 Å². The van der Waals surface area contributed by atoms with Crippen molar-refractivity contribution >= 4 is 10.9 Å². The molecule has 1 fully saturated rings. The number of morpholine rings is 1. The lowest BCUT2D eigenvalue weighted by Crippen LogP contribution is -2.35. The molecule has 0 unspecified atom stereocenters. The number of fused-ring (bicyclic) bond motifs is 1. The summed E-state index contributed by atoms with van der Waals surface area (Å²) in [5.41, 5.74) is 3.94. The van der Waals surface area contributed by atoms with Crippen LogP contribution in [0.1, 0.15) is 5.56 Å². The molecule has 7 heteroatoms. The molecule has 0 radical (unpaired) electrons. The number of hydrogen-bond acceptors (Lipinski definition) is 6. The van der Waals surface area contributed by atoms with E-state index in [-0.39, 0.29) is 0 Å². The third-order valence-electron chi connectivity index (χ3n) is 4.83. The Morgan fingerprint density at radius 3 is 2.89 bits per heavy atom. The second kappa shape index (κ2) is 6.94. The zero-order valence-electron chi connectivity index (χ0n) is 14.8. The molecule has 1 aliphatic heterocycles. The number of hydrogen-bond donors (Lipinski definition) is 1. The molecule has 136 valence electrons. The second-order valence-electron chi connectivity index (χ2n) is 6.65. The van der Waals surface area contributed by atoms with Crippen molar-refractivity contribution < 1.29 is 9.26 Å². The molecular formula is C20H19N5O2. The molecule has 27 heavy (non-hydrogen) atoms. The van der Waals surface area contributed by atoms with Crippen LogP contribution in [-0.2, 0) is 11.3 Å². The number of benzene rings is 2. The highest BCUT2D eigenvalue weighted by molar-refractivity contribution is 5.91. The van der Waals surface area contributed by atoms with Crippen molar-refractivity contribution in [3.63, 3.8) is 0 Å². The van der Waals surface area contributed by atoms with Crippen LogP contribution in [0.2, 0.25) is 0 Å². The van der Waals surface area contributed by atoms with Gasteiger partial charge in [0.2, 0.25) is 5.82 Å². The number of ether oxygens (including phenoxy) is 1. The van der Waals surface area contributed by atoms with Crippen molar-refractivity contribution in [3.05, 3.63) is 54.2 Å². The van der Waals surface area contributed by atoms with E-state index in [1.807, 2.05) is 30.3 Å². The molecule has 3 heterocycles. The summed E-state index contributed by atoms with van der Waals surface area (Å²) < 4.78 is 11.0. The molecule has 0 spiro atoms. The van der Waals surface area contributed by atoms with E-state index in [2.05, 4.69) is 37.4 Å². The predicted molar refractivity (Wildman–Crippen MR) is 101 cm³/mol. The smallest absolute Gasteiger partial charge is 0.260 e. The Kier molecular flexibility index (Phi) is 4.16. The molecule has 0 aliphatic carbocycles. The molecule has 2 aromatic heterocycles. The van der Waals surface area contributed by atoms with E-state index in [1.165, 1.54) is 5.56 Å². The number of aromatic amines is 1. The first kappa shape index (κ1) is 16.2. The van der Waals surface area contributed by atoms with Gasteiger partial charge in [-0.05, 0) is 17.7 Å². The first-order chi connectivity index (χ1) is 13.4. The van der Waals surface area contributed by atoms with Crippen LogP contribution in [-0.4, -0.2) is 51.5 Å². The number of nitrogens with zero attached hydrogens (tertiary/aromatic N) is 4. The lowest BCUT2D eigenvalue weighted by atomic mass is 10.1. The van der Waals surface area contributed by atoms with Gasteiger partial charge in [0.25, 0.3) is 5.89 Å². The monoisotopic (exact) mass is 361 g/mol. The number of para-hydroxylation sites is 1. The minimum absolute atomic E-state index is 0.485. The summed E-state index contributed by atoms with van der Waals surface area (Å²) in [4.78, 5) is 7.00. The summed E-state index contributed by atoms with van der Waals surface area (Å²) in [6, 6.07) is 14.2. The molecule has 0 saturated carbocycles. The van der Waals surface area contributed by atoms with E-state index >= 15 is 0 Å². The van der Waals surface area contributed by atoms with Gasteiger partial charge >= 0.3 is 0 Å². The highest BCUT2D eigenvalue weighted by Gasteiger charge is 2.15. The Morgan fingerprint density at radius 1 is 1.07 bits per heavy atom. The lowest BCUT2D eigenvalue weighted by molar-refractivity contribution is 0.0342. The zero-order chi connectivity index (χ0) is 18.1. The van der Waals surface area contributed by atoms with Gasteiger partial charge in [-0.15, -0.1) is 0 Å². The SMILES string of the molecule is c1cc(CN2CCOCC2)cc(-c2noc(-c3cccc4cn[nH]c34)n2)c1. The summed E-state index contributed by atoms with van der Waals surface area (Å²) in [5.74, 6) is 1.07. The van der Waals surface area contributed by atoms with Gasteiger partial charge in [-0.25, -0.2) is 0 Å². The van der Waals surface area contributed by atoms with Crippen LogP contribution in [0.4, 0.5) is 0 Å². The molecule has 1 aliphatic rings. The number of H-pyrrole nitrogens is 1. The van der Waals surface area contributed by atoms with Gasteiger partial charge in [-0.1, -0.05) is 35.5 Å². The Bertz CT molecular complexity index is 1060. The topological polar surface area (TPSA) is 80.1 Å².